The first kappa shape index (κ1) is 13.3. The number of rotatable bonds is 4. The largest absolute Gasteiger partial charge is 0.370 e. The molecule has 16 heavy (non-hydrogen) atoms. The second-order valence-corrected chi connectivity index (χ2v) is 6.54. The Balaban J connectivity index is 2.72. The smallest absolute Gasteiger partial charge is 0.140 e. The standard InChI is InChI=1S/C12H21N3S/c1-6-13-10-7-9(2)14-11(15-10)8-16-12(3,4)5/h7H,6,8H2,1-5H3,(H,13,14,15). The van der Waals surface area contributed by atoms with Gasteiger partial charge in [0.25, 0.3) is 0 Å². The van der Waals surface area contributed by atoms with Crippen molar-refractivity contribution in [3.8, 4) is 0 Å². The number of hydrogen-bond acceptors (Lipinski definition) is 4. The maximum atomic E-state index is 4.48. The Hall–Kier alpha value is -0.770. The molecule has 0 atom stereocenters. The summed E-state index contributed by atoms with van der Waals surface area (Å²) in [6.45, 7) is 11.6. The van der Waals surface area contributed by atoms with Crippen LogP contribution >= 0.6 is 11.8 Å². The van der Waals surface area contributed by atoms with Gasteiger partial charge in [0.15, 0.2) is 0 Å². The van der Waals surface area contributed by atoms with Gasteiger partial charge in [-0.2, -0.15) is 0 Å². The fourth-order valence-electron chi connectivity index (χ4n) is 1.25. The van der Waals surface area contributed by atoms with Crippen LogP contribution in [0.4, 0.5) is 5.82 Å². The van der Waals surface area contributed by atoms with Crippen LogP contribution in [0.2, 0.25) is 0 Å². The predicted octanol–water partition coefficient (Wildman–Crippen LogP) is 3.25. The minimum atomic E-state index is 0.255. The summed E-state index contributed by atoms with van der Waals surface area (Å²) >= 11 is 1.87. The monoisotopic (exact) mass is 239 g/mol. The topological polar surface area (TPSA) is 37.8 Å². The quantitative estimate of drug-likeness (QED) is 0.875. The normalized spacial score (nSPS) is 11.6. The van der Waals surface area contributed by atoms with Crippen molar-refractivity contribution in [2.45, 2.75) is 45.1 Å². The first-order chi connectivity index (χ1) is 7.40. The number of aryl methyl sites for hydroxylation is 1. The lowest BCUT2D eigenvalue weighted by Crippen LogP contribution is -2.10. The van der Waals surface area contributed by atoms with Crippen molar-refractivity contribution in [2.75, 3.05) is 11.9 Å². The minimum absolute atomic E-state index is 0.255. The van der Waals surface area contributed by atoms with E-state index >= 15 is 0 Å². The van der Waals surface area contributed by atoms with Gasteiger partial charge in [0, 0.05) is 23.1 Å². The second-order valence-electron chi connectivity index (χ2n) is 4.74. The number of nitrogens with zero attached hydrogens (tertiary/aromatic N) is 2. The van der Waals surface area contributed by atoms with Crippen molar-refractivity contribution in [3.63, 3.8) is 0 Å². The van der Waals surface area contributed by atoms with Gasteiger partial charge in [-0.1, -0.05) is 20.8 Å². The van der Waals surface area contributed by atoms with Crippen molar-refractivity contribution in [1.82, 2.24) is 9.97 Å². The molecule has 0 aliphatic heterocycles. The Morgan fingerprint density at radius 1 is 1.31 bits per heavy atom. The van der Waals surface area contributed by atoms with Crippen LogP contribution in [0, 0.1) is 6.92 Å². The molecule has 0 bridgehead atoms. The van der Waals surface area contributed by atoms with E-state index in [-0.39, 0.29) is 4.75 Å². The number of anilines is 1. The summed E-state index contributed by atoms with van der Waals surface area (Å²) in [6.07, 6.45) is 0. The van der Waals surface area contributed by atoms with Gasteiger partial charge >= 0.3 is 0 Å². The van der Waals surface area contributed by atoms with E-state index in [1.807, 2.05) is 24.8 Å². The Morgan fingerprint density at radius 2 is 2.00 bits per heavy atom. The van der Waals surface area contributed by atoms with Crippen molar-refractivity contribution < 1.29 is 0 Å². The van der Waals surface area contributed by atoms with Gasteiger partial charge in [-0.15, -0.1) is 11.8 Å². The fourth-order valence-corrected chi connectivity index (χ4v) is 1.94. The average molecular weight is 239 g/mol. The molecule has 0 spiro atoms. The zero-order valence-corrected chi connectivity index (χ0v) is 11.6. The molecule has 1 N–H and O–H groups in total. The molecular weight excluding hydrogens is 218 g/mol. The van der Waals surface area contributed by atoms with Crippen LogP contribution in [0.1, 0.15) is 39.2 Å². The van der Waals surface area contributed by atoms with Gasteiger partial charge in [0.2, 0.25) is 0 Å². The van der Waals surface area contributed by atoms with Crippen LogP contribution < -0.4 is 5.32 Å². The molecule has 1 rings (SSSR count). The molecule has 0 unspecified atom stereocenters. The van der Waals surface area contributed by atoms with Crippen molar-refractivity contribution in [2.24, 2.45) is 0 Å². The van der Waals surface area contributed by atoms with Gasteiger partial charge in [0.05, 0.1) is 5.75 Å². The van der Waals surface area contributed by atoms with Crippen LogP contribution in [-0.4, -0.2) is 21.3 Å². The van der Waals surface area contributed by atoms with E-state index in [1.165, 1.54) is 0 Å². The number of nitrogens with one attached hydrogen (secondary N) is 1. The van der Waals surface area contributed by atoms with Crippen LogP contribution in [0.5, 0.6) is 0 Å². The lowest BCUT2D eigenvalue weighted by atomic mass is 10.3. The molecule has 0 saturated carbocycles. The molecule has 4 heteroatoms. The third kappa shape index (κ3) is 4.84. The van der Waals surface area contributed by atoms with Crippen LogP contribution in [0.3, 0.4) is 0 Å². The molecule has 0 radical (unpaired) electrons. The van der Waals surface area contributed by atoms with Gasteiger partial charge in [0.1, 0.15) is 11.6 Å². The molecule has 0 amide bonds. The van der Waals surface area contributed by atoms with Crippen molar-refractivity contribution in [3.05, 3.63) is 17.6 Å². The molecule has 90 valence electrons. The molecule has 0 saturated heterocycles. The minimum Gasteiger partial charge on any atom is -0.370 e. The summed E-state index contributed by atoms with van der Waals surface area (Å²) in [4.78, 5) is 8.93. The molecule has 0 fully saturated rings. The Morgan fingerprint density at radius 3 is 2.56 bits per heavy atom. The summed E-state index contributed by atoms with van der Waals surface area (Å²) in [6, 6.07) is 1.98. The first-order valence-corrected chi connectivity index (χ1v) is 6.61. The summed E-state index contributed by atoms with van der Waals surface area (Å²) in [5, 5.41) is 3.23. The van der Waals surface area contributed by atoms with E-state index < -0.39 is 0 Å². The van der Waals surface area contributed by atoms with E-state index in [9.17, 15) is 0 Å². The highest BCUT2D eigenvalue weighted by molar-refractivity contribution is 7.99. The zero-order chi connectivity index (χ0) is 12.2. The predicted molar refractivity (Wildman–Crippen MR) is 72.0 cm³/mol. The molecule has 0 aromatic carbocycles. The first-order valence-electron chi connectivity index (χ1n) is 5.63. The van der Waals surface area contributed by atoms with Crippen LogP contribution in [0.25, 0.3) is 0 Å². The third-order valence-electron chi connectivity index (χ3n) is 1.89. The maximum Gasteiger partial charge on any atom is 0.140 e. The zero-order valence-electron chi connectivity index (χ0n) is 10.8. The highest BCUT2D eigenvalue weighted by atomic mass is 32.2. The van der Waals surface area contributed by atoms with Crippen LogP contribution in [-0.2, 0) is 5.75 Å². The lowest BCUT2D eigenvalue weighted by molar-refractivity contribution is 0.799. The third-order valence-corrected chi connectivity index (χ3v) is 3.16. The SMILES string of the molecule is CCNc1cc(C)nc(CSC(C)(C)C)n1. The van der Waals surface area contributed by atoms with Gasteiger partial charge in [-0.3, -0.25) is 0 Å². The Labute approximate surface area is 102 Å². The number of thioether (sulfide) groups is 1. The highest BCUT2D eigenvalue weighted by Crippen LogP contribution is 2.26. The second kappa shape index (κ2) is 5.53. The van der Waals surface area contributed by atoms with Crippen molar-refractivity contribution >= 4 is 17.6 Å². The Bertz CT molecular complexity index is 345. The molecule has 1 aromatic heterocycles. The highest BCUT2D eigenvalue weighted by Gasteiger charge is 2.12. The van der Waals surface area contributed by atoms with Crippen molar-refractivity contribution in [1.29, 1.82) is 0 Å². The van der Waals surface area contributed by atoms with E-state index in [1.54, 1.807) is 0 Å². The fraction of sp³-hybridized carbons (Fsp3) is 0.667. The summed E-state index contributed by atoms with van der Waals surface area (Å²) < 4.78 is 0.255. The van der Waals surface area contributed by atoms with E-state index in [0.717, 1.165) is 29.6 Å². The molecule has 0 aliphatic carbocycles. The number of aromatic nitrogens is 2. The summed E-state index contributed by atoms with van der Waals surface area (Å²) in [5.74, 6) is 2.71. The van der Waals surface area contributed by atoms with Gasteiger partial charge in [-0.25, -0.2) is 9.97 Å². The summed E-state index contributed by atoms with van der Waals surface area (Å²) in [7, 11) is 0. The lowest BCUT2D eigenvalue weighted by Gasteiger charge is -2.17. The van der Waals surface area contributed by atoms with Gasteiger partial charge in [-0.05, 0) is 13.8 Å². The molecule has 3 nitrogen and oxygen atoms in total. The molecular formula is C12H21N3S. The van der Waals surface area contributed by atoms with E-state index in [0.29, 0.717) is 0 Å². The van der Waals surface area contributed by atoms with Gasteiger partial charge < -0.3 is 5.32 Å². The molecule has 0 aliphatic rings. The summed E-state index contributed by atoms with van der Waals surface area (Å²) in [5.41, 5.74) is 1.02. The molecule has 1 heterocycles. The van der Waals surface area contributed by atoms with Crippen LogP contribution in [0.15, 0.2) is 6.07 Å². The Kier molecular flexibility index (Phi) is 4.59. The molecule has 1 aromatic rings. The van der Waals surface area contributed by atoms with E-state index in [4.69, 9.17) is 0 Å². The van der Waals surface area contributed by atoms with E-state index in [2.05, 4.69) is 43.0 Å². The number of hydrogen-bond donors (Lipinski definition) is 1. The maximum absolute atomic E-state index is 4.48. The average Bonchev–Trinajstić information content (AvgIpc) is 2.13.